The minimum atomic E-state index is -0.327. The minimum absolute atomic E-state index is 0.0225. The number of hydrogen-bond donors (Lipinski definition) is 2. The topological polar surface area (TPSA) is 67.6 Å². The molecular weight excluding hydrogens is 278 g/mol. The molecule has 0 saturated carbocycles. The average molecular weight is 305 g/mol. The fourth-order valence-corrected chi connectivity index (χ4v) is 2.56. The van der Waals surface area contributed by atoms with Gasteiger partial charge < -0.3 is 15.8 Å². The molecule has 5 heteroatoms. The molecule has 1 aliphatic rings. The van der Waals surface area contributed by atoms with E-state index in [1.807, 2.05) is 20.8 Å². The Balaban J connectivity index is 1.78. The molecule has 3 N–H and O–H groups in total. The van der Waals surface area contributed by atoms with Crippen LogP contribution in [0.3, 0.4) is 0 Å². The Morgan fingerprint density at radius 1 is 1.32 bits per heavy atom. The molecule has 1 amide bonds. The van der Waals surface area contributed by atoms with Crippen LogP contribution in [0, 0.1) is 0 Å². The number of alkyl carbamates (subject to hydrolysis) is 1. The van der Waals surface area contributed by atoms with Crippen molar-refractivity contribution in [2.45, 2.75) is 51.9 Å². The predicted molar refractivity (Wildman–Crippen MR) is 87.4 cm³/mol. The second kappa shape index (κ2) is 7.11. The van der Waals surface area contributed by atoms with E-state index >= 15 is 0 Å². The first-order valence-electron chi connectivity index (χ1n) is 7.85. The monoisotopic (exact) mass is 305 g/mol. The van der Waals surface area contributed by atoms with Crippen LogP contribution in [-0.2, 0) is 17.8 Å². The molecular formula is C17H27N3O2. The van der Waals surface area contributed by atoms with Gasteiger partial charge in [0.2, 0.25) is 0 Å². The summed E-state index contributed by atoms with van der Waals surface area (Å²) in [6.07, 6.45) is 0.538. The number of carbonyl (C=O) groups is 1. The van der Waals surface area contributed by atoms with E-state index in [-0.39, 0.29) is 17.7 Å². The van der Waals surface area contributed by atoms with E-state index in [1.54, 1.807) is 0 Å². The summed E-state index contributed by atoms with van der Waals surface area (Å²) in [6.45, 7) is 9.03. The lowest BCUT2D eigenvalue weighted by molar-refractivity contribution is 0.0937. The van der Waals surface area contributed by atoms with Gasteiger partial charge in [-0.05, 0) is 38.3 Å². The molecule has 1 aliphatic heterocycles. The van der Waals surface area contributed by atoms with Crippen molar-refractivity contribution in [1.29, 1.82) is 0 Å². The maximum Gasteiger partial charge on any atom is 0.407 e. The van der Waals surface area contributed by atoms with Crippen LogP contribution in [0.2, 0.25) is 0 Å². The van der Waals surface area contributed by atoms with Gasteiger partial charge in [0, 0.05) is 31.7 Å². The van der Waals surface area contributed by atoms with Gasteiger partial charge in [0.15, 0.2) is 0 Å². The lowest BCUT2D eigenvalue weighted by Gasteiger charge is -2.22. The van der Waals surface area contributed by atoms with Crippen LogP contribution >= 0.6 is 0 Å². The van der Waals surface area contributed by atoms with Crippen molar-refractivity contribution in [3.05, 3.63) is 35.4 Å². The van der Waals surface area contributed by atoms with E-state index in [0.717, 1.165) is 31.6 Å². The third kappa shape index (κ3) is 5.31. The second-order valence-corrected chi connectivity index (χ2v) is 6.95. The maximum atomic E-state index is 11.8. The lowest BCUT2D eigenvalue weighted by Crippen LogP contribution is -2.42. The molecule has 5 nitrogen and oxygen atoms in total. The normalized spacial score (nSPS) is 19.2. The quantitative estimate of drug-likeness (QED) is 0.895. The smallest absolute Gasteiger partial charge is 0.407 e. The zero-order valence-corrected chi connectivity index (χ0v) is 13.8. The van der Waals surface area contributed by atoms with Gasteiger partial charge in [-0.1, -0.05) is 24.3 Å². The summed E-state index contributed by atoms with van der Waals surface area (Å²) in [4.78, 5) is 14.1. The summed E-state index contributed by atoms with van der Waals surface area (Å²) >= 11 is 0. The summed E-state index contributed by atoms with van der Waals surface area (Å²) in [5.74, 6) is 0. The highest BCUT2D eigenvalue weighted by molar-refractivity contribution is 5.68. The van der Waals surface area contributed by atoms with Gasteiger partial charge in [-0.3, -0.25) is 4.90 Å². The van der Waals surface area contributed by atoms with Crippen LogP contribution in [-0.4, -0.2) is 35.7 Å². The van der Waals surface area contributed by atoms with Crippen LogP contribution in [0.4, 0.5) is 4.79 Å². The highest BCUT2D eigenvalue weighted by atomic mass is 16.6. The Hall–Kier alpha value is -1.59. The molecule has 22 heavy (non-hydrogen) atoms. The van der Waals surface area contributed by atoms with Gasteiger partial charge in [0.05, 0.1) is 0 Å². The molecule has 2 rings (SSSR count). The molecule has 1 heterocycles. The van der Waals surface area contributed by atoms with Crippen LogP contribution in [0.15, 0.2) is 24.3 Å². The average Bonchev–Trinajstić information content (AvgIpc) is 2.84. The molecule has 1 aromatic rings. The molecule has 0 aliphatic carbocycles. The van der Waals surface area contributed by atoms with Gasteiger partial charge >= 0.3 is 6.09 Å². The zero-order chi connectivity index (χ0) is 16.2. The molecule has 1 unspecified atom stereocenters. The number of benzene rings is 1. The predicted octanol–water partition coefficient (Wildman–Crippen LogP) is 2.24. The number of nitrogens with one attached hydrogen (secondary N) is 1. The Morgan fingerprint density at radius 2 is 1.95 bits per heavy atom. The maximum absolute atomic E-state index is 11.8. The fraction of sp³-hybridized carbons (Fsp3) is 0.588. The second-order valence-electron chi connectivity index (χ2n) is 6.95. The van der Waals surface area contributed by atoms with Crippen LogP contribution < -0.4 is 11.1 Å². The van der Waals surface area contributed by atoms with E-state index in [9.17, 15) is 4.79 Å². The number of hydrogen-bond acceptors (Lipinski definition) is 4. The van der Waals surface area contributed by atoms with Crippen molar-refractivity contribution >= 4 is 6.09 Å². The summed E-state index contributed by atoms with van der Waals surface area (Å²) in [7, 11) is 0. The van der Waals surface area contributed by atoms with Crippen molar-refractivity contribution < 1.29 is 9.53 Å². The number of nitrogens with two attached hydrogens (primary N) is 1. The van der Waals surface area contributed by atoms with E-state index < -0.39 is 0 Å². The Labute approximate surface area is 132 Å². The SMILES string of the molecule is CC(C)(C)NC(=O)OC1CCN(Cc2ccc(CN)cc2)C1. The van der Waals surface area contributed by atoms with Crippen molar-refractivity contribution in [3.8, 4) is 0 Å². The fourth-order valence-electron chi connectivity index (χ4n) is 2.56. The van der Waals surface area contributed by atoms with Gasteiger partial charge in [-0.2, -0.15) is 0 Å². The van der Waals surface area contributed by atoms with E-state index in [2.05, 4.69) is 34.5 Å². The first kappa shape index (κ1) is 16.8. The molecule has 0 spiro atoms. The Kier molecular flexibility index (Phi) is 5.42. The van der Waals surface area contributed by atoms with Crippen molar-refractivity contribution in [2.75, 3.05) is 13.1 Å². The number of carbonyl (C=O) groups excluding carboxylic acids is 1. The van der Waals surface area contributed by atoms with E-state index in [0.29, 0.717) is 6.54 Å². The molecule has 0 bridgehead atoms. The van der Waals surface area contributed by atoms with E-state index in [1.165, 1.54) is 5.56 Å². The first-order chi connectivity index (χ1) is 10.4. The van der Waals surface area contributed by atoms with Gasteiger partial charge in [0.1, 0.15) is 6.10 Å². The molecule has 1 fully saturated rings. The standard InChI is InChI=1S/C17H27N3O2/c1-17(2,3)19-16(21)22-15-8-9-20(12-15)11-14-6-4-13(10-18)5-7-14/h4-7,15H,8-12,18H2,1-3H3,(H,19,21). The highest BCUT2D eigenvalue weighted by Crippen LogP contribution is 2.17. The number of nitrogens with zero attached hydrogens (tertiary/aromatic N) is 1. The molecule has 1 saturated heterocycles. The van der Waals surface area contributed by atoms with Crippen LogP contribution in [0.1, 0.15) is 38.3 Å². The molecule has 0 aromatic heterocycles. The van der Waals surface area contributed by atoms with Crippen molar-refractivity contribution in [2.24, 2.45) is 5.73 Å². The molecule has 0 radical (unpaired) electrons. The van der Waals surface area contributed by atoms with Crippen LogP contribution in [0.25, 0.3) is 0 Å². The van der Waals surface area contributed by atoms with Crippen LogP contribution in [0.5, 0.6) is 0 Å². The largest absolute Gasteiger partial charge is 0.445 e. The molecule has 1 atom stereocenters. The number of amides is 1. The van der Waals surface area contributed by atoms with Gasteiger partial charge in [-0.15, -0.1) is 0 Å². The number of ether oxygens (including phenoxy) is 1. The van der Waals surface area contributed by atoms with Gasteiger partial charge in [-0.25, -0.2) is 4.79 Å². The highest BCUT2D eigenvalue weighted by Gasteiger charge is 2.26. The number of likely N-dealkylation sites (tertiary alicyclic amines) is 1. The third-order valence-electron chi connectivity index (χ3n) is 3.64. The number of rotatable bonds is 4. The zero-order valence-electron chi connectivity index (χ0n) is 13.8. The summed E-state index contributed by atoms with van der Waals surface area (Å²) in [5, 5.41) is 2.83. The summed E-state index contributed by atoms with van der Waals surface area (Å²) < 4.78 is 5.48. The third-order valence-corrected chi connectivity index (χ3v) is 3.64. The van der Waals surface area contributed by atoms with E-state index in [4.69, 9.17) is 10.5 Å². The first-order valence-corrected chi connectivity index (χ1v) is 7.85. The minimum Gasteiger partial charge on any atom is -0.445 e. The Bertz CT molecular complexity index is 494. The summed E-state index contributed by atoms with van der Waals surface area (Å²) in [5.41, 5.74) is 7.75. The van der Waals surface area contributed by atoms with Crippen molar-refractivity contribution in [3.63, 3.8) is 0 Å². The van der Waals surface area contributed by atoms with Gasteiger partial charge in [0.25, 0.3) is 0 Å². The molecule has 1 aromatic carbocycles. The van der Waals surface area contributed by atoms with Crippen molar-refractivity contribution in [1.82, 2.24) is 10.2 Å². The Morgan fingerprint density at radius 3 is 2.55 bits per heavy atom. The molecule has 122 valence electrons. The summed E-state index contributed by atoms with van der Waals surface area (Å²) in [6, 6.07) is 8.36. The lowest BCUT2D eigenvalue weighted by atomic mass is 10.1.